The average Bonchev–Trinajstić information content (AvgIpc) is 2.52. The van der Waals surface area contributed by atoms with Crippen molar-refractivity contribution in [2.45, 2.75) is 44.8 Å². The van der Waals surface area contributed by atoms with Crippen LogP contribution < -0.4 is 0 Å². The molecule has 25 heavy (non-hydrogen) atoms. The molecule has 8 heteroatoms. The van der Waals surface area contributed by atoms with Crippen molar-refractivity contribution in [2.75, 3.05) is 19.7 Å². The number of rotatable bonds is 4. The van der Waals surface area contributed by atoms with Crippen molar-refractivity contribution in [1.29, 1.82) is 0 Å². The van der Waals surface area contributed by atoms with E-state index in [9.17, 15) is 9.59 Å². The Kier molecular flexibility index (Phi) is 6.05. The van der Waals surface area contributed by atoms with Crippen molar-refractivity contribution in [3.05, 3.63) is 28.5 Å². The van der Waals surface area contributed by atoms with Gasteiger partial charge in [0, 0.05) is 24.8 Å². The van der Waals surface area contributed by atoms with Gasteiger partial charge in [-0.15, -0.1) is 0 Å². The number of likely N-dealkylation sites (tertiary alicyclic amines) is 1. The minimum atomic E-state index is -1.03. The molecule has 2 heterocycles. The van der Waals surface area contributed by atoms with E-state index in [-0.39, 0.29) is 6.09 Å². The first kappa shape index (κ1) is 19.7. The number of nitrogens with zero attached hydrogens (tertiary/aromatic N) is 2. The quantitative estimate of drug-likeness (QED) is 0.760. The molecule has 1 aliphatic rings. The Morgan fingerprint density at radius 1 is 1.32 bits per heavy atom. The molecule has 0 radical (unpaired) electrons. The zero-order valence-corrected chi connectivity index (χ0v) is 16.2. The second kappa shape index (κ2) is 7.70. The first-order valence-corrected chi connectivity index (χ1v) is 8.86. The van der Waals surface area contributed by atoms with Crippen LogP contribution in [0.4, 0.5) is 4.79 Å². The number of pyridine rings is 1. The van der Waals surface area contributed by atoms with Crippen LogP contribution in [-0.2, 0) is 19.9 Å². The van der Waals surface area contributed by atoms with Gasteiger partial charge < -0.3 is 19.5 Å². The maximum absolute atomic E-state index is 12.2. The largest absolute Gasteiger partial charge is 0.480 e. The van der Waals surface area contributed by atoms with E-state index in [0.717, 1.165) is 5.56 Å². The van der Waals surface area contributed by atoms with Crippen molar-refractivity contribution in [2.24, 2.45) is 0 Å². The molecule has 1 fully saturated rings. The highest BCUT2D eigenvalue weighted by atomic mass is 79.9. The van der Waals surface area contributed by atoms with Gasteiger partial charge in [-0.25, -0.2) is 14.6 Å². The van der Waals surface area contributed by atoms with E-state index in [2.05, 4.69) is 20.9 Å². The topological polar surface area (TPSA) is 89.0 Å². The molecule has 138 valence electrons. The molecule has 0 aromatic carbocycles. The van der Waals surface area contributed by atoms with Crippen molar-refractivity contribution in [1.82, 2.24) is 9.88 Å². The minimum Gasteiger partial charge on any atom is -0.480 e. The van der Waals surface area contributed by atoms with Gasteiger partial charge in [-0.1, -0.05) is 6.07 Å². The summed E-state index contributed by atoms with van der Waals surface area (Å²) in [7, 11) is 0. The van der Waals surface area contributed by atoms with Gasteiger partial charge in [-0.3, -0.25) is 0 Å². The second-order valence-electron chi connectivity index (χ2n) is 7.01. The minimum absolute atomic E-state index is 0.367. The van der Waals surface area contributed by atoms with Crippen molar-refractivity contribution < 1.29 is 24.2 Å². The fraction of sp³-hybridized carbons (Fsp3) is 0.588. The molecular formula is C17H23BrN2O5. The van der Waals surface area contributed by atoms with Crippen LogP contribution in [0.5, 0.6) is 0 Å². The normalized spacial score (nSPS) is 17.2. The number of hydrogen-bond donors (Lipinski definition) is 1. The molecule has 1 N–H and O–H groups in total. The number of aliphatic carboxylic acids is 1. The lowest BCUT2D eigenvalue weighted by Crippen LogP contribution is -2.48. The van der Waals surface area contributed by atoms with Crippen LogP contribution in [0.25, 0.3) is 0 Å². The number of carboxylic acid groups (broad SMARTS) is 1. The lowest BCUT2D eigenvalue weighted by atomic mass is 9.85. The van der Waals surface area contributed by atoms with Crippen molar-refractivity contribution >= 4 is 28.0 Å². The number of piperidine rings is 1. The van der Waals surface area contributed by atoms with Gasteiger partial charge in [-0.2, -0.15) is 0 Å². The Balaban J connectivity index is 2.13. The molecule has 1 amide bonds. The Bertz CT molecular complexity index is 619. The van der Waals surface area contributed by atoms with Gasteiger partial charge >= 0.3 is 12.1 Å². The Labute approximate surface area is 155 Å². The summed E-state index contributed by atoms with van der Waals surface area (Å²) in [5, 5.41) is 8.98. The Morgan fingerprint density at radius 2 is 1.96 bits per heavy atom. The van der Waals surface area contributed by atoms with Crippen LogP contribution in [0.1, 0.15) is 39.2 Å². The summed E-state index contributed by atoms with van der Waals surface area (Å²) >= 11 is 3.29. The summed E-state index contributed by atoms with van der Waals surface area (Å²) in [4.78, 5) is 29.0. The number of aromatic nitrogens is 1. The predicted molar refractivity (Wildman–Crippen MR) is 94.2 cm³/mol. The number of carbonyl (C=O) groups excluding carboxylic acids is 1. The molecule has 0 saturated carbocycles. The van der Waals surface area contributed by atoms with Crippen molar-refractivity contribution in [3.8, 4) is 0 Å². The third kappa shape index (κ3) is 5.40. The van der Waals surface area contributed by atoms with Crippen LogP contribution in [-0.4, -0.2) is 52.4 Å². The molecular weight excluding hydrogens is 392 g/mol. The molecule has 7 nitrogen and oxygen atoms in total. The highest BCUT2D eigenvalue weighted by molar-refractivity contribution is 9.10. The van der Waals surface area contributed by atoms with E-state index < -0.39 is 23.8 Å². The number of carbonyl (C=O) groups is 2. The molecule has 0 aliphatic carbocycles. The lowest BCUT2D eigenvalue weighted by molar-refractivity contribution is -0.155. The SMILES string of the molecule is CC(C)(C)OC(=O)N1CCC(OCC(=O)O)(c2ccc(Br)nc2)CC1. The lowest BCUT2D eigenvalue weighted by Gasteiger charge is -2.41. The summed E-state index contributed by atoms with van der Waals surface area (Å²) in [6.07, 6.45) is 2.26. The predicted octanol–water partition coefficient (Wildman–Crippen LogP) is 3.17. The summed E-state index contributed by atoms with van der Waals surface area (Å²) in [5.74, 6) is -1.03. The molecule has 0 bridgehead atoms. The molecule has 0 spiro atoms. The number of amides is 1. The fourth-order valence-electron chi connectivity index (χ4n) is 2.74. The maximum atomic E-state index is 12.2. The van der Waals surface area contributed by atoms with E-state index in [0.29, 0.717) is 30.5 Å². The number of ether oxygens (including phenoxy) is 2. The zero-order valence-electron chi connectivity index (χ0n) is 14.6. The van der Waals surface area contributed by atoms with E-state index in [4.69, 9.17) is 14.6 Å². The third-order valence-electron chi connectivity index (χ3n) is 3.95. The highest BCUT2D eigenvalue weighted by Crippen LogP contribution is 2.37. The molecule has 0 unspecified atom stereocenters. The standard InChI is InChI=1S/C17H23BrN2O5/c1-16(2,3)25-15(23)20-8-6-17(7-9-20,24-11-14(21)22)12-4-5-13(18)19-10-12/h4-5,10H,6-9,11H2,1-3H3,(H,21,22). The Morgan fingerprint density at radius 3 is 2.44 bits per heavy atom. The van der Waals surface area contributed by atoms with Crippen LogP contribution in [0.2, 0.25) is 0 Å². The van der Waals surface area contributed by atoms with Gasteiger partial charge in [0.05, 0.1) is 5.60 Å². The number of halogens is 1. The maximum Gasteiger partial charge on any atom is 0.410 e. The van der Waals surface area contributed by atoms with Gasteiger partial charge in [0.1, 0.15) is 16.8 Å². The molecule has 1 saturated heterocycles. The first-order chi connectivity index (χ1) is 11.6. The summed E-state index contributed by atoms with van der Waals surface area (Å²) in [5.41, 5.74) is -0.521. The first-order valence-electron chi connectivity index (χ1n) is 8.07. The molecule has 1 aromatic rings. The summed E-state index contributed by atoms with van der Waals surface area (Å²) in [6.45, 7) is 5.91. The van der Waals surface area contributed by atoms with Gasteiger partial charge in [0.15, 0.2) is 0 Å². The fourth-order valence-corrected chi connectivity index (χ4v) is 2.97. The second-order valence-corrected chi connectivity index (χ2v) is 7.83. The van der Waals surface area contributed by atoms with Crippen LogP contribution in [0, 0.1) is 0 Å². The Hall–Kier alpha value is -1.67. The molecule has 1 aliphatic heterocycles. The van der Waals surface area contributed by atoms with Crippen molar-refractivity contribution in [3.63, 3.8) is 0 Å². The monoisotopic (exact) mass is 414 g/mol. The average molecular weight is 415 g/mol. The molecule has 1 aromatic heterocycles. The molecule has 2 rings (SSSR count). The number of hydrogen-bond acceptors (Lipinski definition) is 5. The van der Waals surface area contributed by atoms with Gasteiger partial charge in [0.25, 0.3) is 0 Å². The van der Waals surface area contributed by atoms with E-state index in [1.165, 1.54) is 0 Å². The van der Waals surface area contributed by atoms with Crippen LogP contribution in [0.15, 0.2) is 22.9 Å². The molecule has 0 atom stereocenters. The van der Waals surface area contributed by atoms with Crippen LogP contribution >= 0.6 is 15.9 Å². The van der Waals surface area contributed by atoms with E-state index in [1.807, 2.05) is 26.8 Å². The summed E-state index contributed by atoms with van der Waals surface area (Å²) in [6, 6.07) is 3.66. The zero-order chi connectivity index (χ0) is 18.7. The van der Waals surface area contributed by atoms with Crippen LogP contribution in [0.3, 0.4) is 0 Å². The summed E-state index contributed by atoms with van der Waals surface area (Å²) < 4.78 is 11.8. The number of carboxylic acids is 1. The smallest absolute Gasteiger partial charge is 0.410 e. The van der Waals surface area contributed by atoms with Gasteiger partial charge in [-0.05, 0) is 55.6 Å². The third-order valence-corrected chi connectivity index (χ3v) is 4.42. The van der Waals surface area contributed by atoms with E-state index >= 15 is 0 Å². The van der Waals surface area contributed by atoms with E-state index in [1.54, 1.807) is 17.2 Å². The highest BCUT2D eigenvalue weighted by Gasteiger charge is 2.40. The van der Waals surface area contributed by atoms with Gasteiger partial charge in [0.2, 0.25) is 0 Å².